The van der Waals surface area contributed by atoms with E-state index in [1.807, 2.05) is 0 Å². The van der Waals surface area contributed by atoms with E-state index in [9.17, 15) is 18.0 Å². The van der Waals surface area contributed by atoms with Crippen LogP contribution in [0.2, 0.25) is 0 Å². The Bertz CT molecular complexity index is 461. The first-order chi connectivity index (χ1) is 8.39. The molecule has 1 amide bonds. The fourth-order valence-electron chi connectivity index (χ4n) is 1.94. The molecule has 2 rings (SSSR count). The average molecular weight is 322 g/mol. The largest absolute Gasteiger partial charge is 0.416 e. The molecule has 1 unspecified atom stereocenters. The third-order valence-corrected chi connectivity index (χ3v) is 3.71. The standard InChI is InChI=1S/C12H11BrF3NO/c13-10-5-2-6-17(11(10)18)9-4-1-3-8(7-9)12(14,15)16/h1,3-4,7,10H,2,5-6H2. The maximum Gasteiger partial charge on any atom is 0.416 e. The third kappa shape index (κ3) is 2.68. The molecular weight excluding hydrogens is 311 g/mol. The molecular formula is C12H11BrF3NO. The Morgan fingerprint density at radius 1 is 1.33 bits per heavy atom. The predicted octanol–water partition coefficient (Wildman–Crippen LogP) is 3.60. The highest BCUT2D eigenvalue weighted by molar-refractivity contribution is 9.10. The van der Waals surface area contributed by atoms with E-state index in [1.165, 1.54) is 17.0 Å². The van der Waals surface area contributed by atoms with E-state index in [2.05, 4.69) is 15.9 Å². The zero-order valence-electron chi connectivity index (χ0n) is 9.38. The van der Waals surface area contributed by atoms with Gasteiger partial charge in [0.15, 0.2) is 0 Å². The molecule has 1 atom stereocenters. The first-order valence-corrected chi connectivity index (χ1v) is 6.44. The summed E-state index contributed by atoms with van der Waals surface area (Å²) in [6.45, 7) is 0.461. The second-order valence-electron chi connectivity index (χ2n) is 4.15. The van der Waals surface area contributed by atoms with Crippen molar-refractivity contribution in [3.05, 3.63) is 29.8 Å². The van der Waals surface area contributed by atoms with Gasteiger partial charge in [-0.15, -0.1) is 0 Å². The smallest absolute Gasteiger partial charge is 0.311 e. The number of piperidine rings is 1. The predicted molar refractivity (Wildman–Crippen MR) is 65.7 cm³/mol. The van der Waals surface area contributed by atoms with Crippen LogP contribution in [-0.4, -0.2) is 17.3 Å². The molecule has 1 fully saturated rings. The Balaban J connectivity index is 2.31. The molecule has 0 radical (unpaired) electrons. The number of alkyl halides is 4. The lowest BCUT2D eigenvalue weighted by atomic mass is 10.1. The van der Waals surface area contributed by atoms with Gasteiger partial charge in [0, 0.05) is 12.2 Å². The maximum atomic E-state index is 12.6. The first kappa shape index (κ1) is 13.4. The highest BCUT2D eigenvalue weighted by Crippen LogP contribution is 2.33. The van der Waals surface area contributed by atoms with E-state index in [-0.39, 0.29) is 10.7 Å². The number of hydrogen-bond donors (Lipinski definition) is 0. The van der Waals surface area contributed by atoms with Crippen molar-refractivity contribution in [1.29, 1.82) is 0 Å². The SMILES string of the molecule is O=C1C(Br)CCCN1c1cccc(C(F)(F)F)c1. The van der Waals surface area contributed by atoms with Gasteiger partial charge in [-0.2, -0.15) is 13.2 Å². The van der Waals surface area contributed by atoms with Crippen molar-refractivity contribution in [2.45, 2.75) is 23.8 Å². The second-order valence-corrected chi connectivity index (χ2v) is 5.25. The topological polar surface area (TPSA) is 20.3 Å². The summed E-state index contributed by atoms with van der Waals surface area (Å²) in [5, 5.41) is 0. The van der Waals surface area contributed by atoms with Crippen LogP contribution in [0.3, 0.4) is 0 Å². The van der Waals surface area contributed by atoms with E-state index in [0.717, 1.165) is 18.6 Å². The Hall–Kier alpha value is -1.04. The van der Waals surface area contributed by atoms with Gasteiger partial charge in [-0.25, -0.2) is 0 Å². The minimum absolute atomic E-state index is 0.180. The fourth-order valence-corrected chi connectivity index (χ4v) is 2.51. The van der Waals surface area contributed by atoms with E-state index in [4.69, 9.17) is 0 Å². The summed E-state index contributed by atoms with van der Waals surface area (Å²) < 4.78 is 37.8. The summed E-state index contributed by atoms with van der Waals surface area (Å²) in [5.41, 5.74) is -0.427. The van der Waals surface area contributed by atoms with E-state index < -0.39 is 11.7 Å². The van der Waals surface area contributed by atoms with Crippen LogP contribution in [0.5, 0.6) is 0 Å². The van der Waals surface area contributed by atoms with Crippen LogP contribution in [0.1, 0.15) is 18.4 Å². The summed E-state index contributed by atoms with van der Waals surface area (Å²) in [4.78, 5) is 13.0. The molecule has 1 heterocycles. The molecule has 0 saturated carbocycles. The van der Waals surface area contributed by atoms with Crippen LogP contribution in [0.4, 0.5) is 18.9 Å². The Kier molecular flexibility index (Phi) is 3.66. The summed E-state index contributed by atoms with van der Waals surface area (Å²) >= 11 is 3.24. The Morgan fingerprint density at radius 3 is 2.72 bits per heavy atom. The number of halogens is 4. The number of benzene rings is 1. The molecule has 1 aromatic rings. The average Bonchev–Trinajstić information content (AvgIpc) is 2.32. The van der Waals surface area contributed by atoms with Gasteiger partial charge in [-0.3, -0.25) is 4.79 Å². The summed E-state index contributed by atoms with van der Waals surface area (Å²) in [5.74, 6) is -0.180. The normalized spacial score (nSPS) is 21.2. The van der Waals surface area contributed by atoms with Crippen LogP contribution in [0.15, 0.2) is 24.3 Å². The van der Waals surface area contributed by atoms with Gasteiger partial charge in [0.25, 0.3) is 0 Å². The highest BCUT2D eigenvalue weighted by atomic mass is 79.9. The lowest BCUT2D eigenvalue weighted by molar-refractivity contribution is -0.137. The van der Waals surface area contributed by atoms with Gasteiger partial charge in [0.1, 0.15) is 0 Å². The second kappa shape index (κ2) is 4.91. The molecule has 2 nitrogen and oxygen atoms in total. The summed E-state index contributed by atoms with van der Waals surface area (Å²) in [6, 6.07) is 4.87. The quantitative estimate of drug-likeness (QED) is 0.724. The lowest BCUT2D eigenvalue weighted by Crippen LogP contribution is -2.41. The van der Waals surface area contributed by atoms with Crippen molar-refractivity contribution in [2.24, 2.45) is 0 Å². The summed E-state index contributed by atoms with van der Waals surface area (Å²) in [6.07, 6.45) is -2.89. The third-order valence-electron chi connectivity index (χ3n) is 2.86. The van der Waals surface area contributed by atoms with Gasteiger partial charge in [0.05, 0.1) is 10.4 Å². The van der Waals surface area contributed by atoms with Gasteiger partial charge in [-0.1, -0.05) is 22.0 Å². The zero-order valence-corrected chi connectivity index (χ0v) is 11.0. The van der Waals surface area contributed by atoms with Crippen molar-refractivity contribution in [3.63, 3.8) is 0 Å². The van der Waals surface area contributed by atoms with Gasteiger partial charge >= 0.3 is 6.18 Å². The minimum atomic E-state index is -4.39. The first-order valence-electron chi connectivity index (χ1n) is 5.52. The van der Waals surface area contributed by atoms with Crippen molar-refractivity contribution >= 4 is 27.5 Å². The molecule has 0 spiro atoms. The molecule has 0 aromatic heterocycles. The van der Waals surface area contributed by atoms with E-state index >= 15 is 0 Å². The highest BCUT2D eigenvalue weighted by Gasteiger charge is 2.32. The number of hydrogen-bond acceptors (Lipinski definition) is 1. The maximum absolute atomic E-state index is 12.6. The van der Waals surface area contributed by atoms with Crippen molar-refractivity contribution in [2.75, 3.05) is 11.4 Å². The minimum Gasteiger partial charge on any atom is -0.311 e. The van der Waals surface area contributed by atoms with Crippen LogP contribution in [-0.2, 0) is 11.0 Å². The van der Waals surface area contributed by atoms with Crippen LogP contribution in [0.25, 0.3) is 0 Å². The Morgan fingerprint density at radius 2 is 2.06 bits per heavy atom. The number of nitrogens with zero attached hydrogens (tertiary/aromatic N) is 1. The van der Waals surface area contributed by atoms with Crippen molar-refractivity contribution < 1.29 is 18.0 Å². The number of carbonyl (C=O) groups is 1. The molecule has 18 heavy (non-hydrogen) atoms. The molecule has 0 N–H and O–H groups in total. The molecule has 1 saturated heterocycles. The number of anilines is 1. The number of rotatable bonds is 1. The number of carbonyl (C=O) groups excluding carboxylic acids is 1. The number of amides is 1. The van der Waals surface area contributed by atoms with Crippen LogP contribution in [0, 0.1) is 0 Å². The molecule has 6 heteroatoms. The van der Waals surface area contributed by atoms with Crippen LogP contribution >= 0.6 is 15.9 Å². The summed E-state index contributed by atoms with van der Waals surface area (Å²) in [7, 11) is 0. The molecule has 1 aliphatic rings. The van der Waals surface area contributed by atoms with Gasteiger partial charge in [-0.05, 0) is 31.0 Å². The van der Waals surface area contributed by atoms with Crippen molar-refractivity contribution in [3.8, 4) is 0 Å². The monoisotopic (exact) mass is 321 g/mol. The van der Waals surface area contributed by atoms with Crippen molar-refractivity contribution in [1.82, 2.24) is 0 Å². The van der Waals surface area contributed by atoms with E-state index in [0.29, 0.717) is 18.7 Å². The van der Waals surface area contributed by atoms with E-state index in [1.54, 1.807) is 0 Å². The fraction of sp³-hybridized carbons (Fsp3) is 0.417. The Labute approximate surface area is 111 Å². The molecule has 1 aromatic carbocycles. The van der Waals surface area contributed by atoms with Gasteiger partial charge in [0.2, 0.25) is 5.91 Å². The van der Waals surface area contributed by atoms with Crippen LogP contribution < -0.4 is 4.90 Å². The molecule has 1 aliphatic heterocycles. The lowest BCUT2D eigenvalue weighted by Gasteiger charge is -2.30. The molecule has 0 bridgehead atoms. The molecule has 0 aliphatic carbocycles. The zero-order chi connectivity index (χ0) is 13.3. The van der Waals surface area contributed by atoms with Gasteiger partial charge < -0.3 is 4.90 Å². The molecule has 98 valence electrons.